The van der Waals surface area contributed by atoms with Crippen molar-refractivity contribution in [3.63, 3.8) is 0 Å². The fourth-order valence-corrected chi connectivity index (χ4v) is 2.55. The zero-order valence-electron chi connectivity index (χ0n) is 14.5. The Hall–Kier alpha value is -3.26. The third kappa shape index (κ3) is 4.34. The van der Waals surface area contributed by atoms with Gasteiger partial charge in [0.1, 0.15) is 23.9 Å². The number of nitrogens with one attached hydrogen (secondary N) is 1. The molecule has 28 heavy (non-hydrogen) atoms. The van der Waals surface area contributed by atoms with Crippen molar-refractivity contribution >= 4 is 29.5 Å². The Kier molecular flexibility index (Phi) is 5.70. The van der Waals surface area contributed by atoms with Crippen molar-refractivity contribution in [3.8, 4) is 17.2 Å². The number of aliphatic imine (C=N–C) groups is 1. The molecule has 0 fully saturated rings. The highest BCUT2D eigenvalue weighted by Gasteiger charge is 2.20. The lowest BCUT2D eigenvalue weighted by molar-refractivity contribution is -0.113. The second kappa shape index (κ2) is 8.18. The van der Waals surface area contributed by atoms with Crippen molar-refractivity contribution < 1.29 is 27.8 Å². The van der Waals surface area contributed by atoms with Crippen molar-refractivity contribution in [1.29, 1.82) is 0 Å². The Labute approximate surface area is 163 Å². The van der Waals surface area contributed by atoms with Gasteiger partial charge in [0.25, 0.3) is 5.91 Å². The summed E-state index contributed by atoms with van der Waals surface area (Å²) in [6.45, 7) is -0.00628. The van der Waals surface area contributed by atoms with Crippen LogP contribution >= 0.6 is 11.6 Å². The average molecular weight is 407 g/mol. The number of halogens is 3. The first-order valence-corrected chi connectivity index (χ1v) is 8.31. The maximum Gasteiger partial charge on any atom is 0.259 e. The van der Waals surface area contributed by atoms with Gasteiger partial charge in [-0.2, -0.15) is 0 Å². The second-order valence-electron chi connectivity index (χ2n) is 5.65. The van der Waals surface area contributed by atoms with E-state index in [1.807, 2.05) is 0 Å². The number of nitrogens with zero attached hydrogens (tertiary/aromatic N) is 1. The maximum absolute atomic E-state index is 14.0. The SMILES string of the molecule is COc1cc(F)ccc1Oc1cc(Cl)c(F)cc1C(=O)NC1=CC(=O)CN=C1. The lowest BCUT2D eigenvalue weighted by atomic mass is 10.1. The number of carbonyl (C=O) groups is 2. The summed E-state index contributed by atoms with van der Waals surface area (Å²) in [5.74, 6) is -2.35. The monoisotopic (exact) mass is 406 g/mol. The van der Waals surface area contributed by atoms with Crippen LogP contribution in [0.15, 0.2) is 47.1 Å². The molecular formula is C19H13ClF2N2O4. The fraction of sp³-hybridized carbons (Fsp3) is 0.105. The highest BCUT2D eigenvalue weighted by atomic mass is 35.5. The van der Waals surface area contributed by atoms with Gasteiger partial charge in [-0.1, -0.05) is 11.6 Å². The molecule has 1 amide bonds. The summed E-state index contributed by atoms with van der Waals surface area (Å²) in [6.07, 6.45) is 2.52. The quantitative estimate of drug-likeness (QED) is 0.821. The molecule has 0 saturated heterocycles. The molecule has 6 nitrogen and oxygen atoms in total. The number of methoxy groups -OCH3 is 1. The second-order valence-corrected chi connectivity index (χ2v) is 6.06. The first kappa shape index (κ1) is 19.5. The fourth-order valence-electron chi connectivity index (χ4n) is 2.39. The number of hydrogen-bond acceptors (Lipinski definition) is 5. The third-order valence-electron chi connectivity index (χ3n) is 3.66. The van der Waals surface area contributed by atoms with Gasteiger partial charge in [-0.25, -0.2) is 8.78 Å². The van der Waals surface area contributed by atoms with E-state index < -0.39 is 17.5 Å². The predicted octanol–water partition coefficient (Wildman–Crippen LogP) is 3.69. The summed E-state index contributed by atoms with van der Waals surface area (Å²) < 4.78 is 38.0. The Morgan fingerprint density at radius 3 is 2.68 bits per heavy atom. The Bertz CT molecular complexity index is 1020. The third-order valence-corrected chi connectivity index (χ3v) is 3.95. The lowest BCUT2D eigenvalue weighted by Crippen LogP contribution is -2.26. The van der Waals surface area contributed by atoms with Crippen LogP contribution in [0.1, 0.15) is 10.4 Å². The van der Waals surface area contributed by atoms with E-state index in [0.717, 1.165) is 24.3 Å². The van der Waals surface area contributed by atoms with Crippen LogP contribution < -0.4 is 14.8 Å². The molecule has 0 radical (unpaired) electrons. The van der Waals surface area contributed by atoms with Crippen molar-refractivity contribution in [2.75, 3.05) is 13.7 Å². The molecule has 1 aliphatic heterocycles. The van der Waals surface area contributed by atoms with Gasteiger partial charge in [-0.3, -0.25) is 14.6 Å². The number of ether oxygens (including phenoxy) is 2. The van der Waals surface area contributed by atoms with E-state index in [1.54, 1.807) is 0 Å². The minimum Gasteiger partial charge on any atom is -0.493 e. The van der Waals surface area contributed by atoms with Crippen molar-refractivity contribution in [3.05, 3.63) is 64.3 Å². The molecule has 0 atom stereocenters. The van der Waals surface area contributed by atoms with Crippen LogP contribution in [0.5, 0.6) is 17.2 Å². The van der Waals surface area contributed by atoms with Crippen molar-refractivity contribution in [1.82, 2.24) is 5.32 Å². The molecule has 0 aliphatic carbocycles. The van der Waals surface area contributed by atoms with Crippen LogP contribution in [0.3, 0.4) is 0 Å². The number of allylic oxidation sites excluding steroid dienone is 1. The topological polar surface area (TPSA) is 77.0 Å². The highest BCUT2D eigenvalue weighted by Crippen LogP contribution is 2.35. The molecule has 2 aromatic carbocycles. The predicted molar refractivity (Wildman–Crippen MR) is 98.4 cm³/mol. The summed E-state index contributed by atoms with van der Waals surface area (Å²) in [7, 11) is 1.32. The van der Waals surface area contributed by atoms with Crippen molar-refractivity contribution in [2.45, 2.75) is 0 Å². The van der Waals surface area contributed by atoms with Gasteiger partial charge >= 0.3 is 0 Å². The molecule has 0 saturated carbocycles. The number of dihydropyridines is 1. The number of benzene rings is 2. The standard InChI is InChI=1S/C19H13ClF2N2O4/c1-27-18-4-10(21)2-3-16(18)28-17-7-14(20)15(22)6-13(17)19(26)24-11-5-12(25)9-23-8-11/h2-8H,9H2,1H3,(H,24,26). The van der Waals surface area contributed by atoms with Crippen LogP contribution in [-0.4, -0.2) is 31.6 Å². The minimum absolute atomic E-state index is 0.00628. The molecule has 0 spiro atoms. The smallest absolute Gasteiger partial charge is 0.259 e. The zero-order valence-corrected chi connectivity index (χ0v) is 15.2. The molecule has 0 aromatic heterocycles. The molecule has 0 bridgehead atoms. The van der Waals surface area contributed by atoms with Crippen LogP contribution in [0, 0.1) is 11.6 Å². The lowest BCUT2D eigenvalue weighted by Gasteiger charge is -2.15. The molecule has 1 aliphatic rings. The Morgan fingerprint density at radius 2 is 1.96 bits per heavy atom. The number of ketones is 1. The van der Waals surface area contributed by atoms with Gasteiger partial charge in [0.15, 0.2) is 17.3 Å². The number of amides is 1. The van der Waals surface area contributed by atoms with E-state index in [2.05, 4.69) is 10.3 Å². The molecule has 3 rings (SSSR count). The van der Waals surface area contributed by atoms with E-state index in [1.165, 1.54) is 25.5 Å². The maximum atomic E-state index is 14.0. The molecule has 144 valence electrons. The van der Waals surface area contributed by atoms with Gasteiger partial charge in [0.05, 0.1) is 23.4 Å². The molecule has 9 heteroatoms. The van der Waals surface area contributed by atoms with Crippen LogP contribution in [-0.2, 0) is 4.79 Å². The van der Waals surface area contributed by atoms with Gasteiger partial charge < -0.3 is 14.8 Å². The largest absolute Gasteiger partial charge is 0.493 e. The highest BCUT2D eigenvalue weighted by molar-refractivity contribution is 6.31. The zero-order chi connectivity index (χ0) is 20.3. The van der Waals surface area contributed by atoms with E-state index in [0.29, 0.717) is 0 Å². The van der Waals surface area contributed by atoms with Crippen molar-refractivity contribution in [2.24, 2.45) is 4.99 Å². The average Bonchev–Trinajstić information content (AvgIpc) is 2.65. The van der Waals surface area contributed by atoms with Gasteiger partial charge in [-0.15, -0.1) is 0 Å². The number of hydrogen-bond donors (Lipinski definition) is 1. The summed E-state index contributed by atoms with van der Waals surface area (Å²) in [6, 6.07) is 5.53. The summed E-state index contributed by atoms with van der Waals surface area (Å²) in [5.41, 5.74) is -0.0393. The van der Waals surface area contributed by atoms with Gasteiger partial charge in [-0.05, 0) is 18.2 Å². The number of carbonyl (C=O) groups excluding carboxylic acids is 2. The molecule has 1 N–H and O–H groups in total. The van der Waals surface area contributed by atoms with Crippen LogP contribution in [0.4, 0.5) is 8.78 Å². The van der Waals surface area contributed by atoms with E-state index >= 15 is 0 Å². The summed E-state index contributed by atoms with van der Waals surface area (Å²) >= 11 is 5.81. The van der Waals surface area contributed by atoms with Crippen LogP contribution in [0.25, 0.3) is 0 Å². The molecular weight excluding hydrogens is 394 g/mol. The first-order chi connectivity index (χ1) is 13.4. The number of rotatable bonds is 5. The Balaban J connectivity index is 1.96. The summed E-state index contributed by atoms with van der Waals surface area (Å²) in [4.78, 5) is 27.8. The van der Waals surface area contributed by atoms with E-state index in [-0.39, 0.29) is 45.9 Å². The minimum atomic E-state index is -0.840. The Morgan fingerprint density at radius 1 is 1.18 bits per heavy atom. The van der Waals surface area contributed by atoms with Gasteiger partial charge in [0, 0.05) is 24.4 Å². The molecule has 0 unspecified atom stereocenters. The normalized spacial score (nSPS) is 13.1. The first-order valence-electron chi connectivity index (χ1n) is 7.93. The van der Waals surface area contributed by atoms with Crippen LogP contribution in [0.2, 0.25) is 5.02 Å². The molecule has 1 heterocycles. The van der Waals surface area contributed by atoms with E-state index in [4.69, 9.17) is 21.1 Å². The molecule has 2 aromatic rings. The van der Waals surface area contributed by atoms with E-state index in [9.17, 15) is 18.4 Å². The summed E-state index contributed by atoms with van der Waals surface area (Å²) in [5, 5.41) is 2.17. The van der Waals surface area contributed by atoms with Gasteiger partial charge in [0.2, 0.25) is 0 Å².